The van der Waals surface area contributed by atoms with E-state index in [2.05, 4.69) is 12.2 Å². The summed E-state index contributed by atoms with van der Waals surface area (Å²) < 4.78 is 13.6. The van der Waals surface area contributed by atoms with Crippen LogP contribution in [-0.2, 0) is 0 Å². The monoisotopic (exact) mass is 265 g/mol. The normalized spacial score (nSPS) is 27.0. The summed E-state index contributed by atoms with van der Waals surface area (Å²) in [4.78, 5) is 12.1. The van der Waals surface area contributed by atoms with Crippen LogP contribution in [0.1, 0.15) is 43.0 Å². The minimum absolute atomic E-state index is 0.0357. The van der Waals surface area contributed by atoms with Crippen LogP contribution in [0.3, 0.4) is 0 Å². The van der Waals surface area contributed by atoms with E-state index in [9.17, 15) is 14.3 Å². The average molecular weight is 265 g/mol. The third kappa shape index (κ3) is 3.13. The number of amides is 1. The summed E-state index contributed by atoms with van der Waals surface area (Å²) in [6.45, 7) is 2.01. The highest BCUT2D eigenvalue weighted by atomic mass is 19.1. The number of aliphatic hydroxyl groups is 1. The predicted octanol–water partition coefficient (Wildman–Crippen LogP) is 2.50. The van der Waals surface area contributed by atoms with Crippen LogP contribution in [0.25, 0.3) is 0 Å². The van der Waals surface area contributed by atoms with E-state index in [1.165, 1.54) is 12.1 Å². The molecule has 1 aromatic rings. The second kappa shape index (κ2) is 5.70. The average Bonchev–Trinajstić information content (AvgIpc) is 2.39. The number of halogens is 1. The molecule has 0 aromatic heterocycles. The Bertz CT molecular complexity index is 463. The molecule has 2 atom stereocenters. The van der Waals surface area contributed by atoms with Crippen molar-refractivity contribution < 1.29 is 14.3 Å². The number of nitrogens with one attached hydrogen (secondary N) is 1. The minimum atomic E-state index is -0.600. The highest BCUT2D eigenvalue weighted by Gasteiger charge is 2.36. The maximum absolute atomic E-state index is 13.6. The molecule has 104 valence electrons. The van der Waals surface area contributed by atoms with Crippen LogP contribution in [0.2, 0.25) is 0 Å². The Morgan fingerprint density at radius 2 is 2.26 bits per heavy atom. The summed E-state index contributed by atoms with van der Waals surface area (Å²) in [5.74, 6) is -0.514. The van der Waals surface area contributed by atoms with E-state index in [0.717, 1.165) is 25.7 Å². The van der Waals surface area contributed by atoms with Gasteiger partial charge in [-0.15, -0.1) is 0 Å². The lowest BCUT2D eigenvalue weighted by Gasteiger charge is -2.39. The first kappa shape index (κ1) is 14.0. The molecule has 1 fully saturated rings. The van der Waals surface area contributed by atoms with Gasteiger partial charge in [-0.2, -0.15) is 0 Å². The number of hydrogen-bond acceptors (Lipinski definition) is 2. The third-order valence-electron chi connectivity index (χ3n) is 3.89. The number of rotatable bonds is 3. The maximum Gasteiger partial charge on any atom is 0.254 e. The van der Waals surface area contributed by atoms with Crippen LogP contribution in [0.5, 0.6) is 0 Å². The van der Waals surface area contributed by atoms with Gasteiger partial charge in [0.05, 0.1) is 17.7 Å². The molecule has 0 saturated heterocycles. The SMILES string of the molecule is CC1CCCC(CO)(NC(=O)c2ccccc2F)C1. The summed E-state index contributed by atoms with van der Waals surface area (Å²) in [6, 6.07) is 5.91. The Morgan fingerprint density at radius 3 is 2.89 bits per heavy atom. The van der Waals surface area contributed by atoms with Crippen LogP contribution in [-0.4, -0.2) is 23.2 Å². The summed E-state index contributed by atoms with van der Waals surface area (Å²) in [6.07, 6.45) is 3.56. The predicted molar refractivity (Wildman–Crippen MR) is 71.3 cm³/mol. The first-order valence-corrected chi connectivity index (χ1v) is 6.74. The van der Waals surface area contributed by atoms with Gasteiger partial charge in [0.1, 0.15) is 5.82 Å². The molecular formula is C15H20FNO2. The van der Waals surface area contributed by atoms with Crippen molar-refractivity contribution in [3.63, 3.8) is 0 Å². The standard InChI is InChI=1S/C15H20FNO2/c1-11-5-4-8-15(9-11,10-18)17-14(19)12-6-2-3-7-13(12)16/h2-3,6-7,11,18H,4-5,8-10H2,1H3,(H,17,19). The highest BCUT2D eigenvalue weighted by Crippen LogP contribution is 2.32. The molecule has 1 amide bonds. The Balaban J connectivity index is 2.14. The molecule has 1 aliphatic rings. The first-order chi connectivity index (χ1) is 9.06. The molecule has 1 saturated carbocycles. The van der Waals surface area contributed by atoms with E-state index >= 15 is 0 Å². The van der Waals surface area contributed by atoms with Gasteiger partial charge in [-0.1, -0.05) is 31.9 Å². The zero-order valence-corrected chi connectivity index (χ0v) is 11.2. The maximum atomic E-state index is 13.6. The minimum Gasteiger partial charge on any atom is -0.394 e. The Morgan fingerprint density at radius 1 is 1.53 bits per heavy atom. The van der Waals surface area contributed by atoms with Crippen LogP contribution < -0.4 is 5.32 Å². The summed E-state index contributed by atoms with van der Waals surface area (Å²) in [5.41, 5.74) is -0.564. The fourth-order valence-corrected chi connectivity index (χ4v) is 2.91. The zero-order chi connectivity index (χ0) is 13.9. The quantitative estimate of drug-likeness (QED) is 0.882. The second-order valence-corrected chi connectivity index (χ2v) is 5.57. The van der Waals surface area contributed by atoms with Gasteiger partial charge >= 0.3 is 0 Å². The van der Waals surface area contributed by atoms with Crippen molar-refractivity contribution in [2.24, 2.45) is 5.92 Å². The van der Waals surface area contributed by atoms with Crippen LogP contribution >= 0.6 is 0 Å². The Kier molecular flexibility index (Phi) is 4.20. The highest BCUT2D eigenvalue weighted by molar-refractivity contribution is 5.95. The molecule has 2 N–H and O–H groups in total. The smallest absolute Gasteiger partial charge is 0.254 e. The zero-order valence-electron chi connectivity index (χ0n) is 11.2. The van der Waals surface area contributed by atoms with E-state index in [1.54, 1.807) is 12.1 Å². The number of benzene rings is 1. The molecule has 0 bridgehead atoms. The molecule has 1 aliphatic carbocycles. The molecule has 19 heavy (non-hydrogen) atoms. The lowest BCUT2D eigenvalue weighted by molar-refractivity contribution is 0.0693. The molecule has 2 unspecified atom stereocenters. The van der Waals surface area contributed by atoms with Gasteiger partial charge in [0.15, 0.2) is 0 Å². The van der Waals surface area contributed by atoms with Gasteiger partial charge in [0.25, 0.3) is 5.91 Å². The Hall–Kier alpha value is -1.42. The van der Waals surface area contributed by atoms with Crippen LogP contribution in [0.4, 0.5) is 4.39 Å². The third-order valence-corrected chi connectivity index (χ3v) is 3.89. The fourth-order valence-electron chi connectivity index (χ4n) is 2.91. The number of hydrogen-bond donors (Lipinski definition) is 2. The van der Waals surface area contributed by atoms with Gasteiger partial charge in [0, 0.05) is 0 Å². The van der Waals surface area contributed by atoms with Crippen molar-refractivity contribution in [1.82, 2.24) is 5.32 Å². The van der Waals surface area contributed by atoms with Gasteiger partial charge < -0.3 is 10.4 Å². The second-order valence-electron chi connectivity index (χ2n) is 5.57. The topological polar surface area (TPSA) is 49.3 Å². The Labute approximate surface area is 112 Å². The van der Waals surface area contributed by atoms with E-state index in [0.29, 0.717) is 5.92 Å². The largest absolute Gasteiger partial charge is 0.394 e. The van der Waals surface area contributed by atoms with E-state index < -0.39 is 17.3 Å². The van der Waals surface area contributed by atoms with E-state index in [4.69, 9.17) is 0 Å². The molecule has 4 heteroatoms. The molecule has 0 spiro atoms. The van der Waals surface area contributed by atoms with Crippen molar-refractivity contribution in [3.8, 4) is 0 Å². The molecule has 2 rings (SSSR count). The van der Waals surface area contributed by atoms with Crippen molar-refractivity contribution in [2.45, 2.75) is 38.1 Å². The number of aliphatic hydroxyl groups excluding tert-OH is 1. The molecule has 0 radical (unpaired) electrons. The lowest BCUT2D eigenvalue weighted by atomic mass is 9.76. The summed E-state index contributed by atoms with van der Waals surface area (Å²) in [7, 11) is 0. The van der Waals surface area contributed by atoms with Gasteiger partial charge in [-0.05, 0) is 30.9 Å². The molecular weight excluding hydrogens is 245 g/mol. The van der Waals surface area contributed by atoms with Gasteiger partial charge in [0.2, 0.25) is 0 Å². The summed E-state index contributed by atoms with van der Waals surface area (Å²) in [5, 5.41) is 12.5. The van der Waals surface area contributed by atoms with Gasteiger partial charge in [-0.3, -0.25) is 4.79 Å². The van der Waals surface area contributed by atoms with E-state index in [1.807, 2.05) is 0 Å². The number of carbonyl (C=O) groups excluding carboxylic acids is 1. The molecule has 0 heterocycles. The van der Waals surface area contributed by atoms with E-state index in [-0.39, 0.29) is 12.2 Å². The van der Waals surface area contributed by atoms with Crippen molar-refractivity contribution in [1.29, 1.82) is 0 Å². The van der Waals surface area contributed by atoms with Crippen molar-refractivity contribution in [3.05, 3.63) is 35.6 Å². The summed E-state index contributed by atoms with van der Waals surface area (Å²) >= 11 is 0. The van der Waals surface area contributed by atoms with Crippen molar-refractivity contribution in [2.75, 3.05) is 6.61 Å². The van der Waals surface area contributed by atoms with Crippen LogP contribution in [0, 0.1) is 11.7 Å². The molecule has 1 aromatic carbocycles. The van der Waals surface area contributed by atoms with Crippen LogP contribution in [0.15, 0.2) is 24.3 Å². The van der Waals surface area contributed by atoms with Crippen molar-refractivity contribution >= 4 is 5.91 Å². The number of carbonyl (C=O) groups is 1. The lowest BCUT2D eigenvalue weighted by Crippen LogP contribution is -2.54. The first-order valence-electron chi connectivity index (χ1n) is 6.74. The molecule has 0 aliphatic heterocycles. The molecule has 3 nitrogen and oxygen atoms in total. The van der Waals surface area contributed by atoms with Gasteiger partial charge in [-0.25, -0.2) is 4.39 Å². The fraction of sp³-hybridized carbons (Fsp3) is 0.533.